The van der Waals surface area contributed by atoms with Crippen molar-refractivity contribution in [3.05, 3.63) is 35.9 Å². The quantitative estimate of drug-likeness (QED) is 0.498. The van der Waals surface area contributed by atoms with Gasteiger partial charge in [0.15, 0.2) is 5.79 Å². The average Bonchev–Trinajstić information content (AvgIpc) is 3.17. The maximum Gasteiger partial charge on any atom is 0.366 e. The van der Waals surface area contributed by atoms with Crippen LogP contribution >= 0.6 is 0 Å². The molecule has 0 bridgehead atoms. The molecular formula is C24H33NO10. The van der Waals surface area contributed by atoms with Gasteiger partial charge in [0.25, 0.3) is 5.79 Å². The van der Waals surface area contributed by atoms with Gasteiger partial charge in [-0.15, -0.1) is 0 Å². The van der Waals surface area contributed by atoms with Crippen molar-refractivity contribution in [3.63, 3.8) is 0 Å². The predicted molar refractivity (Wildman–Crippen MR) is 120 cm³/mol. The Morgan fingerprint density at radius 2 is 1.86 bits per heavy atom. The van der Waals surface area contributed by atoms with E-state index in [1.165, 1.54) is 21.0 Å². The Bertz CT molecular complexity index is 907. The highest BCUT2D eigenvalue weighted by atomic mass is 16.8. The first-order valence-electron chi connectivity index (χ1n) is 11.3. The molecule has 1 aromatic carbocycles. The molecule has 35 heavy (non-hydrogen) atoms. The van der Waals surface area contributed by atoms with Crippen LogP contribution in [0.2, 0.25) is 0 Å². The molecule has 0 radical (unpaired) electrons. The van der Waals surface area contributed by atoms with Gasteiger partial charge in [0.05, 0.1) is 32.8 Å². The zero-order chi connectivity index (χ0) is 25.8. The molecule has 11 heteroatoms. The average molecular weight is 496 g/mol. The van der Waals surface area contributed by atoms with Crippen LogP contribution in [0.15, 0.2) is 30.3 Å². The lowest BCUT2D eigenvalue weighted by atomic mass is 9.88. The molecule has 11 nitrogen and oxygen atoms in total. The van der Waals surface area contributed by atoms with Crippen molar-refractivity contribution in [3.8, 4) is 0 Å². The fraction of sp³-hybridized carbons (Fsp3) is 0.625. The number of hydrogen-bond acceptors (Lipinski definition) is 10. The van der Waals surface area contributed by atoms with Gasteiger partial charge < -0.3 is 38.8 Å². The number of ether oxygens (including phenoxy) is 6. The van der Waals surface area contributed by atoms with Crippen LogP contribution in [0.1, 0.15) is 39.7 Å². The summed E-state index contributed by atoms with van der Waals surface area (Å²) >= 11 is 0. The smallest absolute Gasteiger partial charge is 0.366 e. The van der Waals surface area contributed by atoms with Crippen molar-refractivity contribution in [2.45, 2.75) is 82.8 Å². The Morgan fingerprint density at radius 3 is 2.40 bits per heavy atom. The number of carbonyl (C=O) groups is 3. The molecule has 194 valence electrons. The van der Waals surface area contributed by atoms with E-state index in [4.69, 9.17) is 28.4 Å². The number of benzene rings is 1. The van der Waals surface area contributed by atoms with Gasteiger partial charge in [-0.3, -0.25) is 9.59 Å². The molecule has 2 saturated heterocycles. The van der Waals surface area contributed by atoms with Crippen molar-refractivity contribution in [1.29, 1.82) is 0 Å². The van der Waals surface area contributed by atoms with E-state index < -0.39 is 59.9 Å². The molecule has 0 spiro atoms. The minimum Gasteiger partial charge on any atom is -0.465 e. The van der Waals surface area contributed by atoms with Crippen molar-refractivity contribution in [2.24, 2.45) is 0 Å². The summed E-state index contributed by atoms with van der Waals surface area (Å²) in [6.07, 6.45) is -4.90. The van der Waals surface area contributed by atoms with E-state index >= 15 is 0 Å². The second kappa shape index (κ2) is 11.0. The fourth-order valence-electron chi connectivity index (χ4n) is 4.27. The third-order valence-electron chi connectivity index (χ3n) is 5.80. The largest absolute Gasteiger partial charge is 0.465 e. The third-order valence-corrected chi connectivity index (χ3v) is 5.80. The van der Waals surface area contributed by atoms with Gasteiger partial charge in [0.1, 0.15) is 24.4 Å². The topological polar surface area (TPSA) is 139 Å². The van der Waals surface area contributed by atoms with Crippen molar-refractivity contribution in [1.82, 2.24) is 5.32 Å². The van der Waals surface area contributed by atoms with Crippen LogP contribution in [0.25, 0.3) is 0 Å². The minimum absolute atomic E-state index is 0.0353. The first kappa shape index (κ1) is 27.0. The van der Waals surface area contributed by atoms with E-state index in [9.17, 15) is 19.5 Å². The summed E-state index contributed by atoms with van der Waals surface area (Å²) in [4.78, 5) is 37.0. The number of esters is 2. The Balaban J connectivity index is 1.99. The summed E-state index contributed by atoms with van der Waals surface area (Å²) in [5.41, 5.74) is 0.749. The lowest BCUT2D eigenvalue weighted by molar-refractivity contribution is -0.317. The van der Waals surface area contributed by atoms with Crippen LogP contribution in [0.3, 0.4) is 0 Å². The Morgan fingerprint density at radius 1 is 1.17 bits per heavy atom. The molecule has 0 aromatic heterocycles. The molecule has 3 rings (SSSR count). The zero-order valence-corrected chi connectivity index (χ0v) is 20.5. The van der Waals surface area contributed by atoms with Crippen molar-refractivity contribution < 1.29 is 47.9 Å². The molecule has 0 unspecified atom stereocenters. The highest BCUT2D eigenvalue weighted by Gasteiger charge is 2.58. The van der Waals surface area contributed by atoms with Crippen LogP contribution in [0.4, 0.5) is 0 Å². The molecule has 0 saturated carbocycles. The first-order valence-corrected chi connectivity index (χ1v) is 11.3. The number of aliphatic hydroxyl groups excluding tert-OH is 1. The summed E-state index contributed by atoms with van der Waals surface area (Å²) in [7, 11) is 1.17. The van der Waals surface area contributed by atoms with Gasteiger partial charge in [-0.2, -0.15) is 0 Å². The fourth-order valence-corrected chi connectivity index (χ4v) is 4.27. The standard InChI is InChI=1S/C24H33NO10/c1-14(26)25-19-17(33-15(2)27)11-24(22(29)30-5,32-12-16-9-7-6-8-10-16)35-21(19)20(28)18-13-31-23(3,4)34-18/h6-10,17-21,28H,11-13H2,1-5H3,(H,25,26)/t17-,18+,19+,20+,21+,24+/m0/s1. The molecule has 1 amide bonds. The van der Waals surface area contributed by atoms with Gasteiger partial charge in [0.2, 0.25) is 5.91 Å². The summed E-state index contributed by atoms with van der Waals surface area (Å²) in [6, 6.07) is 8.04. The molecule has 6 atom stereocenters. The van der Waals surface area contributed by atoms with E-state index in [-0.39, 0.29) is 19.6 Å². The van der Waals surface area contributed by atoms with Crippen LogP contribution in [0.5, 0.6) is 0 Å². The molecule has 2 aliphatic heterocycles. The van der Waals surface area contributed by atoms with Crippen LogP contribution in [-0.4, -0.2) is 78.7 Å². The van der Waals surface area contributed by atoms with Crippen molar-refractivity contribution in [2.75, 3.05) is 13.7 Å². The number of rotatable bonds is 8. The molecular weight excluding hydrogens is 462 g/mol. The molecule has 2 aliphatic rings. The second-order valence-corrected chi connectivity index (χ2v) is 9.04. The normalized spacial score (nSPS) is 30.8. The number of aliphatic hydroxyl groups is 1. The third kappa shape index (κ3) is 6.56. The van der Waals surface area contributed by atoms with Gasteiger partial charge in [-0.25, -0.2) is 4.79 Å². The van der Waals surface area contributed by atoms with Gasteiger partial charge in [-0.05, 0) is 19.4 Å². The molecule has 2 fully saturated rings. The lowest BCUT2D eigenvalue weighted by Crippen LogP contribution is -2.68. The van der Waals surface area contributed by atoms with E-state index in [2.05, 4.69) is 5.32 Å². The minimum atomic E-state index is -2.04. The number of carbonyl (C=O) groups excluding carboxylic acids is 3. The van der Waals surface area contributed by atoms with Crippen LogP contribution < -0.4 is 5.32 Å². The van der Waals surface area contributed by atoms with Crippen LogP contribution in [0, 0.1) is 0 Å². The lowest BCUT2D eigenvalue weighted by Gasteiger charge is -2.47. The Labute approximate surface area is 203 Å². The SMILES string of the molecule is COC(=O)[C@@]1(OCc2ccccc2)C[C@H](OC(C)=O)[C@@H](NC(C)=O)[C@H]([C@H](O)[C@H]2COC(C)(C)O2)O1. The molecule has 2 N–H and O–H groups in total. The maximum atomic E-state index is 13.0. The maximum absolute atomic E-state index is 13.0. The molecule has 1 aromatic rings. The molecule has 0 aliphatic carbocycles. The monoisotopic (exact) mass is 495 g/mol. The Hall–Kier alpha value is -2.57. The zero-order valence-electron chi connectivity index (χ0n) is 20.5. The number of methoxy groups -OCH3 is 1. The van der Waals surface area contributed by atoms with Gasteiger partial charge >= 0.3 is 11.9 Å². The summed E-state index contributed by atoms with van der Waals surface area (Å²) < 4.78 is 33.9. The van der Waals surface area contributed by atoms with E-state index in [0.29, 0.717) is 0 Å². The highest BCUT2D eigenvalue weighted by Crippen LogP contribution is 2.38. The predicted octanol–water partition coefficient (Wildman–Crippen LogP) is 0.810. The number of amides is 1. The van der Waals surface area contributed by atoms with E-state index in [1.54, 1.807) is 26.0 Å². The first-order chi connectivity index (χ1) is 16.5. The van der Waals surface area contributed by atoms with E-state index in [1.807, 2.05) is 18.2 Å². The summed E-state index contributed by atoms with van der Waals surface area (Å²) in [5.74, 6) is -4.98. The number of hydrogen-bond donors (Lipinski definition) is 2. The van der Waals surface area contributed by atoms with Crippen molar-refractivity contribution >= 4 is 17.8 Å². The number of nitrogens with one attached hydrogen (secondary N) is 1. The summed E-state index contributed by atoms with van der Waals surface area (Å²) in [6.45, 7) is 5.86. The Kier molecular flexibility index (Phi) is 8.50. The second-order valence-electron chi connectivity index (χ2n) is 9.04. The van der Waals surface area contributed by atoms with Gasteiger partial charge in [-0.1, -0.05) is 30.3 Å². The highest BCUT2D eigenvalue weighted by molar-refractivity contribution is 5.78. The summed E-state index contributed by atoms with van der Waals surface area (Å²) in [5, 5.41) is 14.0. The van der Waals surface area contributed by atoms with Crippen LogP contribution in [-0.2, 0) is 49.4 Å². The van der Waals surface area contributed by atoms with E-state index in [0.717, 1.165) is 5.56 Å². The molecule has 2 heterocycles. The van der Waals surface area contributed by atoms with Gasteiger partial charge in [0, 0.05) is 13.8 Å².